The van der Waals surface area contributed by atoms with Crippen LogP contribution in [-0.2, 0) is 9.70 Å². The smallest absolute Gasteiger partial charge is 0.102 e. The van der Waals surface area contributed by atoms with Crippen LogP contribution in [0.3, 0.4) is 0 Å². The van der Waals surface area contributed by atoms with Crippen LogP contribution in [-0.4, -0.2) is 23.0 Å². The Morgan fingerprint density at radius 3 is 1.50 bits per heavy atom. The summed E-state index contributed by atoms with van der Waals surface area (Å²) in [5.74, 6) is 0. The van der Waals surface area contributed by atoms with Crippen molar-refractivity contribution >= 4 is 28.5 Å². The van der Waals surface area contributed by atoms with Gasteiger partial charge in [0.05, 0.1) is 0 Å². The fraction of sp³-hybridized carbons (Fsp3) is 0. The van der Waals surface area contributed by atoms with Crippen LogP contribution in [0.1, 0.15) is 0 Å². The topological polar surface area (TPSA) is 17.1 Å². The first-order valence-electron chi connectivity index (χ1n) is 0.983. The molecule has 4 heavy (non-hydrogen) atoms. The first kappa shape index (κ1) is 4.58. The zero-order chi connectivity index (χ0) is 3.58. The third-order valence-electron chi connectivity index (χ3n) is 0. The lowest BCUT2D eigenvalue weighted by atomic mass is 16.0. The average molecular weight is 110 g/mol. The molecule has 0 fully saturated rings. The zero-order valence-corrected chi connectivity index (χ0v) is 7.63. The third kappa shape index (κ3) is 19.0. The summed E-state index contributed by atoms with van der Waals surface area (Å²) in [6.07, 6.45) is 0. The molecule has 0 atom stereocenters. The molecule has 0 aliphatic heterocycles. The molecule has 0 N–H and O–H groups in total. The maximum Gasteiger partial charge on any atom is 0.102 e. The van der Waals surface area contributed by atoms with E-state index in [4.69, 9.17) is 0 Å². The molecule has 0 aliphatic carbocycles. The molecule has 0 heterocycles. The van der Waals surface area contributed by atoms with E-state index in [0.29, 0.717) is 0 Å². The van der Waals surface area contributed by atoms with Gasteiger partial charge in [-0.3, -0.25) is 4.21 Å². The average Bonchev–Trinajstić information content (AvgIpc) is 0.811. The fourth-order valence-corrected chi connectivity index (χ4v) is 0. The van der Waals surface area contributed by atoms with E-state index in [2.05, 4.69) is 0 Å². The van der Waals surface area contributed by atoms with Crippen LogP contribution in [0.2, 0.25) is 0 Å². The van der Waals surface area contributed by atoms with Crippen molar-refractivity contribution in [3.05, 3.63) is 0 Å². The van der Waals surface area contributed by atoms with Crippen LogP contribution >= 0.6 is 0 Å². The van der Waals surface area contributed by atoms with Gasteiger partial charge < -0.3 is 0 Å². The van der Waals surface area contributed by atoms with Crippen LogP contribution in [0, 0.1) is 0 Å². The lowest BCUT2D eigenvalue weighted by Gasteiger charge is -1.60. The molecule has 0 amide bonds. The van der Waals surface area contributed by atoms with Gasteiger partial charge in [0, 0.05) is 0 Å². The molecule has 0 saturated carbocycles. The van der Waals surface area contributed by atoms with Gasteiger partial charge in [0.2, 0.25) is 0 Å². The maximum atomic E-state index is 9.68. The maximum absolute atomic E-state index is 9.68. The third-order valence-corrected chi connectivity index (χ3v) is 0. The van der Waals surface area contributed by atoms with Crippen LogP contribution in [0.4, 0.5) is 0 Å². The first-order chi connectivity index (χ1) is 1.73. The van der Waals surface area contributed by atoms with Crippen molar-refractivity contribution in [1.29, 1.82) is 0 Å². The molecule has 0 aliphatic rings. The van der Waals surface area contributed by atoms with E-state index in [0.717, 1.165) is 18.8 Å². The molecule has 0 unspecified atom stereocenters. The Hall–Kier alpha value is 0.584. The molecule has 0 saturated heterocycles. The van der Waals surface area contributed by atoms with E-state index in [-0.39, 0.29) is 9.70 Å². The van der Waals surface area contributed by atoms with Crippen molar-refractivity contribution in [2.24, 2.45) is 0 Å². The summed E-state index contributed by atoms with van der Waals surface area (Å²) in [6.45, 7) is 0. The normalized spacial score (nSPS) is 17.0. The van der Waals surface area contributed by atoms with Crippen LogP contribution < -0.4 is 0 Å². The highest BCUT2D eigenvalue weighted by molar-refractivity contribution is 8.24. The highest BCUT2D eigenvalue weighted by Crippen LogP contribution is 1.41. The molecule has 0 radical (unpaired) electrons. The minimum Gasteiger partial charge on any atom is -0.275 e. The molecule has 26 valence electrons. The van der Waals surface area contributed by atoms with Gasteiger partial charge in [-0.15, -0.1) is 0 Å². The van der Waals surface area contributed by atoms with Crippen molar-refractivity contribution in [2.45, 2.75) is 0 Å². The Balaban J connectivity index is 2.80. The van der Waals surface area contributed by atoms with Gasteiger partial charge in [-0.05, 0) is 0 Å². The van der Waals surface area contributed by atoms with Crippen molar-refractivity contribution in [2.75, 3.05) is 0 Å². The van der Waals surface area contributed by atoms with Crippen molar-refractivity contribution in [3.63, 3.8) is 0 Å². The lowest BCUT2D eigenvalue weighted by Crippen LogP contribution is -1.78. The van der Waals surface area contributed by atoms with E-state index in [9.17, 15) is 4.21 Å². The Morgan fingerprint density at radius 1 is 1.50 bits per heavy atom. The van der Waals surface area contributed by atoms with E-state index < -0.39 is 0 Å². The summed E-state index contributed by atoms with van der Waals surface area (Å²) in [5.41, 5.74) is 0. The van der Waals surface area contributed by atoms with E-state index in [1.54, 1.807) is 0 Å². The van der Waals surface area contributed by atoms with Crippen molar-refractivity contribution < 1.29 is 4.21 Å². The summed E-state index contributed by atoms with van der Waals surface area (Å²) < 4.78 is 9.68. The fourth-order valence-electron chi connectivity index (χ4n) is 0. The Kier molecular flexibility index (Phi) is 2.13. The minimum absolute atomic E-state index is 0.333. The van der Waals surface area contributed by atoms with Gasteiger partial charge in [0.25, 0.3) is 0 Å². The molecule has 0 aromatic carbocycles. The monoisotopic (exact) mass is 110 g/mol. The van der Waals surface area contributed by atoms with Gasteiger partial charge in [-0.25, -0.2) is 0 Å². The largest absolute Gasteiger partial charge is 0.275 e. The zero-order valence-electron chi connectivity index (χ0n) is 2.82. The van der Waals surface area contributed by atoms with Gasteiger partial charge in [0.1, 0.15) is 18.8 Å². The summed E-state index contributed by atoms with van der Waals surface area (Å²) in [5, 5.41) is 0. The molecule has 0 rings (SSSR count). The van der Waals surface area contributed by atoms with Gasteiger partial charge >= 0.3 is 0 Å². The van der Waals surface area contributed by atoms with Crippen LogP contribution in [0.15, 0.2) is 0 Å². The number of hydrogen-bond donors (Lipinski definition) is 0. The number of rotatable bonds is 0. The first-order valence-corrected chi connectivity index (χ1v) is 7.85. The molecule has 1 nitrogen and oxygen atoms in total. The molecular formula is H6OSSi2. The van der Waals surface area contributed by atoms with E-state index in [1.165, 1.54) is 0 Å². The number of hydrogen-bond acceptors (Lipinski definition) is 1. The Bertz CT molecular complexity index is 29.0. The predicted molar refractivity (Wildman–Crippen MR) is 28.0 cm³/mol. The van der Waals surface area contributed by atoms with Crippen LogP contribution in [0.5, 0.6) is 0 Å². The van der Waals surface area contributed by atoms with Gasteiger partial charge in [-0.1, -0.05) is 9.70 Å². The lowest BCUT2D eigenvalue weighted by molar-refractivity contribution is 0.698. The second kappa shape index (κ2) is 1.86. The second-order valence-electron chi connectivity index (χ2n) is 0.742. The Morgan fingerprint density at radius 2 is 1.50 bits per heavy atom. The highest BCUT2D eigenvalue weighted by Gasteiger charge is 1.58. The predicted octanol–water partition coefficient (Wildman–Crippen LogP) is -2.70. The van der Waals surface area contributed by atoms with E-state index >= 15 is 0 Å². The molecule has 0 aromatic heterocycles. The van der Waals surface area contributed by atoms with Crippen LogP contribution in [0.25, 0.3) is 0 Å². The van der Waals surface area contributed by atoms with Gasteiger partial charge in [-0.2, -0.15) is 0 Å². The molecule has 0 spiro atoms. The summed E-state index contributed by atoms with van der Waals surface area (Å²) in [6, 6.07) is 0. The molecule has 4 heteroatoms. The SMILES string of the molecule is O=S([SiH3])[SiH3]. The molecule has 0 bridgehead atoms. The summed E-state index contributed by atoms with van der Waals surface area (Å²) in [7, 11) is 1.43. The summed E-state index contributed by atoms with van der Waals surface area (Å²) in [4.78, 5) is 0. The van der Waals surface area contributed by atoms with Crippen molar-refractivity contribution in [3.8, 4) is 0 Å². The Labute approximate surface area is 33.4 Å². The highest BCUT2D eigenvalue weighted by atomic mass is 32.5. The summed E-state index contributed by atoms with van der Waals surface area (Å²) >= 11 is 0. The second-order valence-corrected chi connectivity index (χ2v) is 14.0. The quantitative estimate of drug-likeness (QED) is 0.310. The van der Waals surface area contributed by atoms with Gasteiger partial charge in [0.15, 0.2) is 0 Å². The molecular weight excluding hydrogens is 104 g/mol. The van der Waals surface area contributed by atoms with E-state index in [1.807, 2.05) is 0 Å². The molecule has 0 aromatic rings. The van der Waals surface area contributed by atoms with Crippen molar-refractivity contribution in [1.82, 2.24) is 0 Å². The standard InChI is InChI=1S/H6OSSi2/c1-2(3)4/h3-4H3. The minimum atomic E-state index is -0.333.